The van der Waals surface area contributed by atoms with Crippen LogP contribution in [0.4, 0.5) is 0 Å². The Labute approximate surface area is 142 Å². The van der Waals surface area contributed by atoms with Gasteiger partial charge in [-0.2, -0.15) is 0 Å². The molecule has 0 unspecified atom stereocenters. The van der Waals surface area contributed by atoms with Crippen molar-refractivity contribution in [1.29, 1.82) is 0 Å². The molecule has 0 aliphatic carbocycles. The molecule has 0 aliphatic heterocycles. The molecule has 0 spiro atoms. The quantitative estimate of drug-likeness (QED) is 0.509. The first kappa shape index (κ1) is 14.3. The summed E-state index contributed by atoms with van der Waals surface area (Å²) < 4.78 is 3.68. The molecule has 20 heavy (non-hydrogen) atoms. The molecule has 0 saturated heterocycles. The third-order valence-electron chi connectivity index (χ3n) is 2.80. The summed E-state index contributed by atoms with van der Waals surface area (Å²) in [4.78, 5) is 8.92. The monoisotopic (exact) mass is 433 g/mol. The van der Waals surface area contributed by atoms with Crippen LogP contribution in [0.15, 0.2) is 39.4 Å². The van der Waals surface area contributed by atoms with Crippen molar-refractivity contribution in [2.45, 2.75) is 5.88 Å². The average molecular weight is 436 g/mol. The molecular weight excluding hydrogens is 429 g/mol. The molecule has 0 N–H and O–H groups in total. The second-order valence-electron chi connectivity index (χ2n) is 4.09. The van der Waals surface area contributed by atoms with Gasteiger partial charge in [0, 0.05) is 15.1 Å². The Balaban J connectivity index is 2.37. The van der Waals surface area contributed by atoms with Crippen molar-refractivity contribution in [3.8, 4) is 5.69 Å². The molecule has 1 aromatic carbocycles. The van der Waals surface area contributed by atoms with Crippen molar-refractivity contribution in [3.63, 3.8) is 0 Å². The van der Waals surface area contributed by atoms with Gasteiger partial charge >= 0.3 is 0 Å². The Morgan fingerprint density at radius 2 is 1.95 bits per heavy atom. The van der Waals surface area contributed by atoms with Gasteiger partial charge in [-0.3, -0.25) is 4.57 Å². The lowest BCUT2D eigenvalue weighted by molar-refractivity contribution is 0.969. The SMILES string of the molecule is ClCc1nc2cc(Br)cnc2n1-c1cc(Br)ccc1Cl. The minimum absolute atomic E-state index is 0.275. The maximum atomic E-state index is 6.30. The second-order valence-corrected chi connectivity index (χ2v) is 6.59. The van der Waals surface area contributed by atoms with Gasteiger partial charge < -0.3 is 0 Å². The normalized spacial score (nSPS) is 11.2. The van der Waals surface area contributed by atoms with Crippen molar-refractivity contribution in [2.24, 2.45) is 0 Å². The highest BCUT2D eigenvalue weighted by Gasteiger charge is 2.15. The van der Waals surface area contributed by atoms with Crippen LogP contribution in [-0.2, 0) is 5.88 Å². The summed E-state index contributed by atoms with van der Waals surface area (Å²) in [6.07, 6.45) is 1.73. The molecule has 3 nitrogen and oxygen atoms in total. The van der Waals surface area contributed by atoms with E-state index in [9.17, 15) is 0 Å². The predicted molar refractivity (Wildman–Crippen MR) is 88.8 cm³/mol. The van der Waals surface area contributed by atoms with Gasteiger partial charge in [-0.1, -0.05) is 27.5 Å². The van der Waals surface area contributed by atoms with Gasteiger partial charge in [0.2, 0.25) is 0 Å². The van der Waals surface area contributed by atoms with Crippen LogP contribution >= 0.6 is 55.1 Å². The van der Waals surface area contributed by atoms with Crippen LogP contribution in [-0.4, -0.2) is 14.5 Å². The summed E-state index contributed by atoms with van der Waals surface area (Å²) >= 11 is 19.1. The number of pyridine rings is 1. The van der Waals surface area contributed by atoms with E-state index in [0.29, 0.717) is 10.8 Å². The lowest BCUT2D eigenvalue weighted by Gasteiger charge is -2.09. The molecule has 102 valence electrons. The molecular formula is C13H7Br2Cl2N3. The molecule has 0 amide bonds. The molecule has 0 aliphatic rings. The molecule has 2 heterocycles. The molecule has 7 heteroatoms. The third-order valence-corrected chi connectivity index (χ3v) is 4.29. The van der Waals surface area contributed by atoms with E-state index in [0.717, 1.165) is 25.8 Å². The Hall–Kier alpha value is -0.620. The Morgan fingerprint density at radius 1 is 1.15 bits per heavy atom. The number of alkyl halides is 1. The fourth-order valence-corrected chi connectivity index (χ4v) is 3.04. The zero-order valence-corrected chi connectivity index (χ0v) is 14.6. The van der Waals surface area contributed by atoms with Crippen LogP contribution in [0.2, 0.25) is 5.02 Å². The summed E-state index contributed by atoms with van der Waals surface area (Å²) in [7, 11) is 0. The first-order chi connectivity index (χ1) is 9.60. The number of rotatable bonds is 2. The van der Waals surface area contributed by atoms with Gasteiger partial charge in [0.05, 0.1) is 16.6 Å². The maximum Gasteiger partial charge on any atom is 0.164 e. The summed E-state index contributed by atoms with van der Waals surface area (Å²) in [6, 6.07) is 7.53. The molecule has 3 rings (SSSR count). The molecule has 3 aromatic rings. The lowest BCUT2D eigenvalue weighted by atomic mass is 10.3. The van der Waals surface area contributed by atoms with Gasteiger partial charge in [-0.15, -0.1) is 11.6 Å². The number of halogens is 4. The molecule has 0 bridgehead atoms. The minimum atomic E-state index is 0.275. The summed E-state index contributed by atoms with van der Waals surface area (Å²) in [5.74, 6) is 0.976. The largest absolute Gasteiger partial charge is 0.278 e. The van der Waals surface area contributed by atoms with Crippen LogP contribution < -0.4 is 0 Å². The zero-order chi connectivity index (χ0) is 14.3. The highest BCUT2D eigenvalue weighted by atomic mass is 79.9. The standard InChI is InChI=1S/C13H7Br2Cl2N3/c14-7-1-2-9(17)11(4-7)20-12(5-16)19-10-3-8(15)6-18-13(10)20/h1-4,6H,5H2. The van der Waals surface area contributed by atoms with E-state index in [2.05, 4.69) is 41.8 Å². The van der Waals surface area contributed by atoms with Gasteiger partial charge in [0.1, 0.15) is 11.3 Å². The summed E-state index contributed by atoms with van der Waals surface area (Å²) in [5.41, 5.74) is 2.30. The summed E-state index contributed by atoms with van der Waals surface area (Å²) in [6.45, 7) is 0. The fourth-order valence-electron chi connectivity index (χ4n) is 1.99. The molecule has 2 aromatic heterocycles. The maximum absolute atomic E-state index is 6.30. The smallest absolute Gasteiger partial charge is 0.164 e. The van der Waals surface area contributed by atoms with Crippen molar-refractivity contribution >= 4 is 66.2 Å². The second kappa shape index (κ2) is 5.64. The van der Waals surface area contributed by atoms with Gasteiger partial charge in [-0.25, -0.2) is 9.97 Å². The van der Waals surface area contributed by atoms with Crippen molar-refractivity contribution in [2.75, 3.05) is 0 Å². The van der Waals surface area contributed by atoms with Crippen LogP contribution in [0, 0.1) is 0 Å². The third kappa shape index (κ3) is 2.48. The molecule has 0 radical (unpaired) electrons. The van der Waals surface area contributed by atoms with Crippen LogP contribution in [0.5, 0.6) is 0 Å². The minimum Gasteiger partial charge on any atom is -0.278 e. The van der Waals surface area contributed by atoms with Crippen LogP contribution in [0.1, 0.15) is 5.82 Å². The van der Waals surface area contributed by atoms with E-state index in [1.54, 1.807) is 6.20 Å². The van der Waals surface area contributed by atoms with E-state index < -0.39 is 0 Å². The number of fused-ring (bicyclic) bond motifs is 1. The average Bonchev–Trinajstić information content (AvgIpc) is 2.78. The van der Waals surface area contributed by atoms with E-state index in [-0.39, 0.29) is 5.88 Å². The van der Waals surface area contributed by atoms with Crippen LogP contribution in [0.25, 0.3) is 16.9 Å². The number of nitrogens with zero attached hydrogens (tertiary/aromatic N) is 3. The van der Waals surface area contributed by atoms with Gasteiger partial charge in [0.15, 0.2) is 5.65 Å². The zero-order valence-electron chi connectivity index (χ0n) is 9.95. The fraction of sp³-hybridized carbons (Fsp3) is 0.0769. The number of imidazole rings is 1. The summed E-state index contributed by atoms with van der Waals surface area (Å²) in [5, 5.41) is 0.614. The Kier molecular flexibility index (Phi) is 4.04. The number of benzene rings is 1. The van der Waals surface area contributed by atoms with Crippen molar-refractivity contribution in [3.05, 3.63) is 50.3 Å². The van der Waals surface area contributed by atoms with Gasteiger partial charge in [-0.05, 0) is 40.2 Å². The Bertz CT molecular complexity index is 802. The van der Waals surface area contributed by atoms with E-state index in [4.69, 9.17) is 23.2 Å². The predicted octanol–water partition coefficient (Wildman–Crippen LogP) is 5.34. The topological polar surface area (TPSA) is 30.7 Å². The Morgan fingerprint density at radius 3 is 2.70 bits per heavy atom. The first-order valence-corrected chi connectivity index (χ1v) is 8.14. The highest BCUT2D eigenvalue weighted by molar-refractivity contribution is 9.10. The number of aromatic nitrogens is 3. The van der Waals surface area contributed by atoms with E-state index >= 15 is 0 Å². The van der Waals surface area contributed by atoms with E-state index in [1.807, 2.05) is 28.8 Å². The van der Waals surface area contributed by atoms with Crippen molar-refractivity contribution < 1.29 is 0 Å². The molecule has 0 fully saturated rings. The number of hydrogen-bond donors (Lipinski definition) is 0. The van der Waals surface area contributed by atoms with E-state index in [1.165, 1.54) is 0 Å². The van der Waals surface area contributed by atoms with Crippen molar-refractivity contribution in [1.82, 2.24) is 14.5 Å². The van der Waals surface area contributed by atoms with Crippen LogP contribution in [0.3, 0.4) is 0 Å². The lowest BCUT2D eigenvalue weighted by Crippen LogP contribution is -2.01. The first-order valence-electron chi connectivity index (χ1n) is 5.64. The molecule has 0 saturated carbocycles. The highest BCUT2D eigenvalue weighted by Crippen LogP contribution is 2.30. The number of hydrogen-bond acceptors (Lipinski definition) is 2. The molecule has 0 atom stereocenters. The van der Waals surface area contributed by atoms with Gasteiger partial charge in [0.25, 0.3) is 0 Å².